The Morgan fingerprint density at radius 2 is 1.83 bits per heavy atom. The zero-order chi connectivity index (χ0) is 35.0. The topological polar surface area (TPSA) is 173 Å². The van der Waals surface area contributed by atoms with Crippen molar-refractivity contribution in [2.75, 3.05) is 19.5 Å². The minimum absolute atomic E-state index is 0.109. The molecule has 48 heavy (non-hydrogen) atoms. The predicted octanol–water partition coefficient (Wildman–Crippen LogP) is 3.64. The van der Waals surface area contributed by atoms with Crippen LogP contribution in [0.4, 0.5) is 9.59 Å². The zero-order valence-corrected chi connectivity index (χ0v) is 28.7. The van der Waals surface area contributed by atoms with Gasteiger partial charge < -0.3 is 43.4 Å². The number of thioether (sulfide) groups is 1. The predicted molar refractivity (Wildman–Crippen MR) is 168 cm³/mol. The van der Waals surface area contributed by atoms with Gasteiger partial charge in [0.2, 0.25) is 0 Å². The number of rotatable bonds is 7. The number of ether oxygens (including phenoxy) is 7. The molecule has 2 saturated carbocycles. The molecule has 2 saturated heterocycles. The van der Waals surface area contributed by atoms with Crippen molar-refractivity contribution in [3.8, 4) is 0 Å². The number of esters is 1. The molecule has 3 aliphatic carbocycles. The van der Waals surface area contributed by atoms with Crippen LogP contribution in [0.3, 0.4) is 0 Å². The third-order valence-electron chi connectivity index (χ3n) is 11.2. The molecule has 0 amide bonds. The van der Waals surface area contributed by atoms with Gasteiger partial charge in [-0.3, -0.25) is 9.59 Å². The normalized spacial score (nSPS) is 40.1. The third-order valence-corrected chi connectivity index (χ3v) is 11.9. The van der Waals surface area contributed by atoms with E-state index in [4.69, 9.17) is 33.2 Å². The van der Waals surface area contributed by atoms with E-state index in [-0.39, 0.29) is 24.2 Å². The summed E-state index contributed by atoms with van der Waals surface area (Å²) in [6, 6.07) is 8.45. The molecular weight excluding hydrogens is 648 g/mol. The molecule has 14 heteroatoms. The molecule has 1 unspecified atom stereocenters. The van der Waals surface area contributed by atoms with E-state index >= 15 is 4.79 Å². The highest BCUT2D eigenvalue weighted by Gasteiger charge is 2.82. The van der Waals surface area contributed by atoms with E-state index in [0.29, 0.717) is 11.3 Å². The van der Waals surface area contributed by atoms with Gasteiger partial charge in [-0.15, -0.1) is 0 Å². The molecule has 2 bridgehead atoms. The number of carbonyl (C=O) groups excluding carboxylic acids is 4. The smallest absolute Gasteiger partial charge is 0.454 e. The molecular formula is C34H42O13S. The number of fused-ring (bicyclic) bond motifs is 4. The van der Waals surface area contributed by atoms with Crippen molar-refractivity contribution >= 4 is 35.0 Å². The number of benzene rings is 1. The fourth-order valence-electron chi connectivity index (χ4n) is 9.15. The molecule has 0 radical (unpaired) electrons. The molecule has 13 nitrogen and oxygen atoms in total. The van der Waals surface area contributed by atoms with E-state index in [0.717, 1.165) is 11.8 Å². The van der Waals surface area contributed by atoms with Crippen LogP contribution < -0.4 is 0 Å². The number of hydrogen-bond donors (Lipinski definition) is 2. The summed E-state index contributed by atoms with van der Waals surface area (Å²) in [5.41, 5.74) is -5.94. The average molecular weight is 691 g/mol. The minimum Gasteiger partial charge on any atom is -0.454 e. The molecule has 5 aliphatic rings. The van der Waals surface area contributed by atoms with Crippen LogP contribution in [0.2, 0.25) is 0 Å². The van der Waals surface area contributed by atoms with Gasteiger partial charge in [0.1, 0.15) is 18.3 Å². The fourth-order valence-corrected chi connectivity index (χ4v) is 9.55. The number of aliphatic hydroxyl groups is 2. The first-order chi connectivity index (χ1) is 22.6. The lowest BCUT2D eigenvalue weighted by Gasteiger charge is -2.68. The maximum atomic E-state index is 15.4. The summed E-state index contributed by atoms with van der Waals surface area (Å²) in [5, 5.41) is 22.9. The minimum atomic E-state index is -1.99. The number of ketones is 1. The van der Waals surface area contributed by atoms with Gasteiger partial charge in [0.25, 0.3) is 0 Å². The molecule has 6 rings (SSSR count). The maximum absolute atomic E-state index is 15.4. The van der Waals surface area contributed by atoms with E-state index in [1.54, 1.807) is 65.0 Å². The Morgan fingerprint density at radius 1 is 1.15 bits per heavy atom. The molecule has 2 N–H and O–H groups in total. The molecule has 1 aromatic carbocycles. The fraction of sp³-hybridized carbons (Fsp3) is 0.647. The Bertz CT molecular complexity index is 1530. The van der Waals surface area contributed by atoms with Crippen molar-refractivity contribution in [1.29, 1.82) is 0 Å². The van der Waals surface area contributed by atoms with Crippen LogP contribution >= 0.6 is 11.8 Å². The van der Waals surface area contributed by atoms with E-state index in [1.807, 2.05) is 0 Å². The van der Waals surface area contributed by atoms with Gasteiger partial charge in [-0.1, -0.05) is 51.1 Å². The van der Waals surface area contributed by atoms with Crippen LogP contribution in [0.1, 0.15) is 59.8 Å². The first-order valence-electron chi connectivity index (χ1n) is 16.0. The van der Waals surface area contributed by atoms with Crippen LogP contribution in [0.25, 0.3) is 0 Å². The lowest BCUT2D eigenvalue weighted by Crippen LogP contribution is -2.83. The van der Waals surface area contributed by atoms with Gasteiger partial charge in [-0.2, -0.15) is 0 Å². The largest absolute Gasteiger partial charge is 0.509 e. The summed E-state index contributed by atoms with van der Waals surface area (Å²) in [6.07, 6.45) is -10.5. The van der Waals surface area contributed by atoms with Crippen molar-refractivity contribution in [2.45, 2.75) is 102 Å². The second-order valence-corrected chi connectivity index (χ2v) is 15.0. The van der Waals surface area contributed by atoms with Crippen LogP contribution in [0.15, 0.2) is 41.5 Å². The van der Waals surface area contributed by atoms with Crippen molar-refractivity contribution in [3.63, 3.8) is 0 Å². The Kier molecular flexibility index (Phi) is 8.78. The highest BCUT2D eigenvalue weighted by atomic mass is 32.2. The lowest BCUT2D eigenvalue weighted by molar-refractivity contribution is -0.362. The second kappa shape index (κ2) is 12.1. The number of carbonyl (C=O) groups is 4. The Morgan fingerprint density at radius 3 is 2.42 bits per heavy atom. The van der Waals surface area contributed by atoms with Gasteiger partial charge >= 0.3 is 17.4 Å². The van der Waals surface area contributed by atoms with Crippen molar-refractivity contribution in [1.82, 2.24) is 0 Å². The lowest BCUT2D eigenvalue weighted by atomic mass is 9.44. The molecule has 1 spiro atoms. The van der Waals surface area contributed by atoms with Crippen LogP contribution in [0.5, 0.6) is 0 Å². The van der Waals surface area contributed by atoms with Gasteiger partial charge in [-0.05, 0) is 36.8 Å². The summed E-state index contributed by atoms with van der Waals surface area (Å²) in [7, 11) is 1.43. The molecule has 1 aromatic rings. The Labute approximate surface area is 282 Å². The van der Waals surface area contributed by atoms with E-state index in [2.05, 4.69) is 0 Å². The number of Topliss-reactive ketones (excluding diaryl/α,β-unsaturated/α-hetero) is 1. The zero-order valence-electron chi connectivity index (χ0n) is 27.9. The quantitative estimate of drug-likeness (QED) is 0.184. The molecule has 262 valence electrons. The first-order valence-corrected chi connectivity index (χ1v) is 17.0. The summed E-state index contributed by atoms with van der Waals surface area (Å²) in [4.78, 5) is 54.9. The van der Waals surface area contributed by atoms with Gasteiger partial charge in [-0.25, -0.2) is 9.59 Å². The van der Waals surface area contributed by atoms with E-state index < -0.39 is 94.1 Å². The summed E-state index contributed by atoms with van der Waals surface area (Å²) in [6.45, 7) is 9.40. The first kappa shape index (κ1) is 34.8. The van der Waals surface area contributed by atoms with E-state index in [9.17, 15) is 24.6 Å². The second-order valence-electron chi connectivity index (χ2n) is 13.8. The number of methoxy groups -OCH3 is 1. The highest BCUT2D eigenvalue weighted by Crippen LogP contribution is 2.67. The van der Waals surface area contributed by atoms with Crippen molar-refractivity contribution < 1.29 is 62.5 Å². The van der Waals surface area contributed by atoms with Crippen LogP contribution in [-0.2, 0) is 42.7 Å². The van der Waals surface area contributed by atoms with Gasteiger partial charge in [0.05, 0.1) is 18.1 Å². The molecule has 2 aliphatic heterocycles. The van der Waals surface area contributed by atoms with Crippen molar-refractivity contribution in [3.05, 3.63) is 47.0 Å². The Hall–Kier alpha value is -3.01. The summed E-state index contributed by atoms with van der Waals surface area (Å²) in [5.74, 6) is -2.18. The highest BCUT2D eigenvalue weighted by molar-refractivity contribution is 8.13. The van der Waals surface area contributed by atoms with Crippen LogP contribution in [0, 0.1) is 16.7 Å². The summed E-state index contributed by atoms with van der Waals surface area (Å²) >= 11 is 0.865. The molecule has 4 fully saturated rings. The van der Waals surface area contributed by atoms with E-state index in [1.165, 1.54) is 14.0 Å². The Balaban J connectivity index is 1.71. The SMILES string of the molecule is CCSC(=O)O[C@H]1C(=O)[C@]2(C)[C@@H](OC)C[C@H]3OC[C@@]3(OC(C)=O)[C@H]2[C@H](OC(O)c2ccccc2)[C@]23OC(=O)O[C@H]2[C@H](O)C(C)=C1C3(C)C. The third kappa shape index (κ3) is 4.70. The van der Waals surface area contributed by atoms with Crippen LogP contribution in [-0.4, -0.2) is 101 Å². The molecule has 2 heterocycles. The number of aliphatic hydroxyl groups excluding tert-OH is 2. The number of hydrogen-bond acceptors (Lipinski definition) is 14. The van der Waals surface area contributed by atoms with Gasteiger partial charge in [0.15, 0.2) is 35.5 Å². The standard InChI is InChI=1S/C34H42O13S/c1-8-48-30(40)43-23-21-16(2)22(36)26-34(31(21,4)5,47-29(39)45-26)27(44-28(38)18-12-10-9-11-13-18)24-32(6,25(23)37)19(41-7)14-20-33(24,15-42-20)46-17(3)35/h9-13,19-20,22-24,26-28,36,38H,8,14-15H2,1-7H3/t19-,20+,22+,23+,24-,26-,27-,28?,32+,33-,34+/m0/s1. The monoisotopic (exact) mass is 690 g/mol. The van der Waals surface area contributed by atoms with Gasteiger partial charge in [0, 0.05) is 43.1 Å². The average Bonchev–Trinajstić information content (AvgIpc) is 3.40. The molecule has 0 aromatic heterocycles. The van der Waals surface area contributed by atoms with Crippen molar-refractivity contribution in [2.24, 2.45) is 16.7 Å². The molecule has 11 atom stereocenters. The maximum Gasteiger partial charge on any atom is 0.509 e. The summed E-state index contributed by atoms with van der Waals surface area (Å²) < 4.78 is 42.8.